The van der Waals surface area contributed by atoms with Crippen LogP contribution in [0.4, 0.5) is 0 Å². The number of ether oxygens (including phenoxy) is 2. The summed E-state index contributed by atoms with van der Waals surface area (Å²) in [6, 6.07) is 21.2. The number of phosphoric ester groups is 1. The topological polar surface area (TPSA) is 80.3 Å². The van der Waals surface area contributed by atoms with E-state index >= 15 is 0 Å². The Bertz CT molecular complexity index is 961. The Hall–Kier alpha value is -3.44. The Kier molecular flexibility index (Phi) is 6.42. The Balaban J connectivity index is 1.92. The number of hydrogen-bond donors (Lipinski definition) is 0. The van der Waals surface area contributed by atoms with Gasteiger partial charge in [-0.1, -0.05) is 42.5 Å². The molecule has 0 unspecified atom stereocenters. The van der Waals surface area contributed by atoms with Gasteiger partial charge in [0, 0.05) is 0 Å². The van der Waals surface area contributed by atoms with Crippen molar-refractivity contribution in [2.45, 2.75) is 0 Å². The van der Waals surface area contributed by atoms with Gasteiger partial charge in [-0.2, -0.15) is 4.57 Å². The van der Waals surface area contributed by atoms with E-state index in [1.54, 1.807) is 72.8 Å². The van der Waals surface area contributed by atoms with Crippen LogP contribution in [0.5, 0.6) is 23.0 Å². The number of carbonyl (C=O) groups is 1. The summed E-state index contributed by atoms with van der Waals surface area (Å²) < 4.78 is 39.9. The first-order chi connectivity index (χ1) is 14.0. The zero-order valence-electron chi connectivity index (χ0n) is 15.8. The highest BCUT2D eigenvalue weighted by atomic mass is 31.2. The lowest BCUT2D eigenvalue weighted by Gasteiger charge is -2.19. The second-order valence-electron chi connectivity index (χ2n) is 5.68. The molecule has 0 aliphatic heterocycles. The second-order valence-corrected chi connectivity index (χ2v) is 7.12. The minimum Gasteiger partial charge on any atom is -0.493 e. The molecule has 3 aromatic carbocycles. The third-order valence-corrected chi connectivity index (χ3v) is 5.00. The van der Waals surface area contributed by atoms with E-state index < -0.39 is 13.8 Å². The van der Waals surface area contributed by atoms with Crippen molar-refractivity contribution in [1.82, 2.24) is 0 Å². The zero-order chi connectivity index (χ0) is 20.7. The van der Waals surface area contributed by atoms with E-state index in [1.165, 1.54) is 20.3 Å². The van der Waals surface area contributed by atoms with Crippen LogP contribution in [0.15, 0.2) is 78.9 Å². The number of rotatable bonds is 8. The number of carbonyl (C=O) groups excluding carboxylic acids is 1. The van der Waals surface area contributed by atoms with E-state index in [9.17, 15) is 9.36 Å². The van der Waals surface area contributed by atoms with Gasteiger partial charge < -0.3 is 23.0 Å². The Morgan fingerprint density at radius 1 is 0.724 bits per heavy atom. The van der Waals surface area contributed by atoms with E-state index in [0.717, 1.165) is 0 Å². The Morgan fingerprint density at radius 2 is 1.28 bits per heavy atom. The number of methoxy groups -OCH3 is 2. The maximum atomic E-state index is 13.3. The molecule has 0 aliphatic rings. The molecule has 0 saturated heterocycles. The predicted octanol–water partition coefficient (Wildman–Crippen LogP) is 5.13. The van der Waals surface area contributed by atoms with Crippen LogP contribution in [-0.4, -0.2) is 20.2 Å². The molecule has 0 heterocycles. The molecule has 0 spiro atoms. The Labute approximate surface area is 168 Å². The van der Waals surface area contributed by atoms with Crippen molar-refractivity contribution < 1.29 is 32.4 Å². The SMILES string of the molecule is COc1cccc(C(=O)OP(=O)(Oc2ccccc2)Oc2ccccc2)c1OC. The van der Waals surface area contributed by atoms with Gasteiger partial charge in [0.15, 0.2) is 11.5 Å². The minimum absolute atomic E-state index is 0.0143. The van der Waals surface area contributed by atoms with Crippen LogP contribution >= 0.6 is 7.82 Å². The average Bonchev–Trinajstić information content (AvgIpc) is 2.74. The fraction of sp³-hybridized carbons (Fsp3) is 0.0952. The van der Waals surface area contributed by atoms with Gasteiger partial charge in [-0.05, 0) is 36.4 Å². The Morgan fingerprint density at radius 3 is 1.76 bits per heavy atom. The zero-order valence-corrected chi connectivity index (χ0v) is 16.7. The fourth-order valence-electron chi connectivity index (χ4n) is 2.48. The summed E-state index contributed by atoms with van der Waals surface area (Å²) in [6.45, 7) is 0. The molecule has 0 amide bonds. The van der Waals surface area contributed by atoms with E-state index in [4.69, 9.17) is 23.0 Å². The van der Waals surface area contributed by atoms with Crippen molar-refractivity contribution >= 4 is 13.8 Å². The highest BCUT2D eigenvalue weighted by Gasteiger charge is 2.37. The van der Waals surface area contributed by atoms with Crippen molar-refractivity contribution in [3.05, 3.63) is 84.4 Å². The van der Waals surface area contributed by atoms with Crippen molar-refractivity contribution in [3.63, 3.8) is 0 Å². The summed E-state index contributed by atoms with van der Waals surface area (Å²) in [5.41, 5.74) is 0.0143. The summed E-state index contributed by atoms with van der Waals surface area (Å²) >= 11 is 0. The normalized spacial score (nSPS) is 10.7. The number of para-hydroxylation sites is 3. The molecule has 0 bridgehead atoms. The molecule has 7 nitrogen and oxygen atoms in total. The van der Waals surface area contributed by atoms with Crippen molar-refractivity contribution in [1.29, 1.82) is 0 Å². The highest BCUT2D eigenvalue weighted by Crippen LogP contribution is 2.50. The lowest BCUT2D eigenvalue weighted by molar-refractivity contribution is 0.0684. The summed E-state index contributed by atoms with van der Waals surface area (Å²) in [7, 11) is -1.56. The van der Waals surface area contributed by atoms with E-state index in [2.05, 4.69) is 0 Å². The van der Waals surface area contributed by atoms with Gasteiger partial charge in [0.1, 0.15) is 17.1 Å². The van der Waals surface area contributed by atoms with Gasteiger partial charge in [0.05, 0.1) is 14.2 Å². The number of benzene rings is 3. The van der Waals surface area contributed by atoms with E-state index in [1.807, 2.05) is 0 Å². The van der Waals surface area contributed by atoms with Crippen LogP contribution in [0.1, 0.15) is 10.4 Å². The first-order valence-corrected chi connectivity index (χ1v) is 10.0. The molecule has 150 valence electrons. The second kappa shape index (κ2) is 9.17. The molecule has 0 aliphatic carbocycles. The third-order valence-electron chi connectivity index (χ3n) is 3.74. The first kappa shape index (κ1) is 20.3. The average molecular weight is 414 g/mol. The minimum atomic E-state index is -4.38. The van der Waals surface area contributed by atoms with Crippen molar-refractivity contribution in [3.8, 4) is 23.0 Å². The molecule has 29 heavy (non-hydrogen) atoms. The van der Waals surface area contributed by atoms with Gasteiger partial charge in [-0.15, -0.1) is 0 Å². The van der Waals surface area contributed by atoms with Gasteiger partial charge >= 0.3 is 13.8 Å². The molecule has 0 fully saturated rings. The van der Waals surface area contributed by atoms with Crippen LogP contribution < -0.4 is 18.5 Å². The molecular weight excluding hydrogens is 395 g/mol. The number of hydrogen-bond acceptors (Lipinski definition) is 7. The van der Waals surface area contributed by atoms with Crippen LogP contribution in [0, 0.1) is 0 Å². The molecule has 3 aromatic rings. The largest absolute Gasteiger partial charge is 0.649 e. The van der Waals surface area contributed by atoms with Crippen LogP contribution in [0.25, 0.3) is 0 Å². The van der Waals surface area contributed by atoms with Crippen LogP contribution in [0.2, 0.25) is 0 Å². The predicted molar refractivity (Wildman–Crippen MR) is 107 cm³/mol. The van der Waals surface area contributed by atoms with Gasteiger partial charge in [-0.25, -0.2) is 4.79 Å². The van der Waals surface area contributed by atoms with E-state index in [0.29, 0.717) is 5.75 Å². The van der Waals surface area contributed by atoms with Crippen LogP contribution in [0.3, 0.4) is 0 Å². The molecule has 0 radical (unpaired) electrons. The summed E-state index contributed by atoms with van der Waals surface area (Å²) in [5.74, 6) is -0.0407. The third kappa shape index (κ3) is 5.09. The van der Waals surface area contributed by atoms with Gasteiger partial charge in [-0.3, -0.25) is 0 Å². The molecular formula is C21H19O7P. The first-order valence-electron chi connectivity index (χ1n) is 8.59. The highest BCUT2D eigenvalue weighted by molar-refractivity contribution is 7.50. The van der Waals surface area contributed by atoms with Crippen LogP contribution in [-0.2, 0) is 9.09 Å². The summed E-state index contributed by atoms with van der Waals surface area (Å²) in [4.78, 5) is 12.8. The van der Waals surface area contributed by atoms with Crippen molar-refractivity contribution in [2.75, 3.05) is 14.2 Å². The maximum absolute atomic E-state index is 13.3. The molecule has 0 aromatic heterocycles. The molecule has 0 atom stereocenters. The standard InChI is InChI=1S/C21H19O7P/c1-24-19-15-9-14-18(20(19)25-2)21(22)28-29(23,26-16-10-5-3-6-11-16)27-17-12-7-4-8-13-17/h3-15H,1-2H3. The van der Waals surface area contributed by atoms with Gasteiger partial charge in [0.2, 0.25) is 0 Å². The lowest BCUT2D eigenvalue weighted by Crippen LogP contribution is -2.12. The smallest absolute Gasteiger partial charge is 0.493 e. The monoisotopic (exact) mass is 414 g/mol. The molecule has 8 heteroatoms. The molecule has 3 rings (SSSR count). The lowest BCUT2D eigenvalue weighted by atomic mass is 10.2. The maximum Gasteiger partial charge on any atom is 0.649 e. The van der Waals surface area contributed by atoms with Crippen molar-refractivity contribution in [2.24, 2.45) is 0 Å². The quantitative estimate of drug-likeness (QED) is 0.473. The summed E-state index contributed by atoms with van der Waals surface area (Å²) in [6.07, 6.45) is 0. The van der Waals surface area contributed by atoms with Gasteiger partial charge in [0.25, 0.3) is 0 Å². The summed E-state index contributed by atoms with van der Waals surface area (Å²) in [5, 5.41) is 0. The van der Waals surface area contributed by atoms with E-state index in [-0.39, 0.29) is 22.8 Å². The number of phosphoric acid groups is 1. The molecule has 0 N–H and O–H groups in total. The fourth-order valence-corrected chi connectivity index (χ4v) is 3.65. The molecule has 0 saturated carbocycles.